The lowest BCUT2D eigenvalue weighted by Crippen LogP contribution is -2.47. The first-order chi connectivity index (χ1) is 15.6. The zero-order valence-electron chi connectivity index (χ0n) is 17.5. The Morgan fingerprint density at radius 2 is 1.88 bits per heavy atom. The number of hydrazine groups is 1. The SMILES string of the molecule is Cc1c(C(=O)NNC(=O)C2CCN(c3ncc(C(F)(F)F)cc3Cl)CC2)oc2ccccc12. The maximum atomic E-state index is 12.8. The van der Waals surface area contributed by atoms with Gasteiger partial charge in [-0.3, -0.25) is 20.4 Å². The van der Waals surface area contributed by atoms with Crippen LogP contribution >= 0.6 is 11.6 Å². The van der Waals surface area contributed by atoms with Gasteiger partial charge in [-0.25, -0.2) is 4.98 Å². The Hall–Kier alpha value is -3.27. The minimum atomic E-state index is -4.52. The van der Waals surface area contributed by atoms with E-state index in [2.05, 4.69) is 15.8 Å². The number of halogens is 4. The van der Waals surface area contributed by atoms with Crippen LogP contribution < -0.4 is 15.8 Å². The number of carbonyl (C=O) groups is 2. The number of hydrogen-bond acceptors (Lipinski definition) is 5. The van der Waals surface area contributed by atoms with Crippen molar-refractivity contribution in [3.05, 3.63) is 58.4 Å². The summed E-state index contributed by atoms with van der Waals surface area (Å²) in [5.74, 6) is -0.934. The lowest BCUT2D eigenvalue weighted by atomic mass is 9.96. The van der Waals surface area contributed by atoms with E-state index in [-0.39, 0.29) is 28.4 Å². The minimum absolute atomic E-state index is 0.0961. The summed E-state index contributed by atoms with van der Waals surface area (Å²) in [5.41, 5.74) is 5.15. The first-order valence-electron chi connectivity index (χ1n) is 10.2. The largest absolute Gasteiger partial charge is 0.451 e. The van der Waals surface area contributed by atoms with Gasteiger partial charge in [0.25, 0.3) is 0 Å². The van der Waals surface area contributed by atoms with Crippen molar-refractivity contribution in [3.63, 3.8) is 0 Å². The number of carbonyl (C=O) groups excluding carboxylic acids is 2. The zero-order valence-corrected chi connectivity index (χ0v) is 18.3. The van der Waals surface area contributed by atoms with E-state index in [0.29, 0.717) is 37.1 Å². The number of pyridine rings is 1. The molecule has 0 unspecified atom stereocenters. The van der Waals surface area contributed by atoms with E-state index in [9.17, 15) is 22.8 Å². The van der Waals surface area contributed by atoms with E-state index in [0.717, 1.165) is 17.6 Å². The lowest BCUT2D eigenvalue weighted by Gasteiger charge is -2.32. The smallest absolute Gasteiger partial charge is 0.417 e. The highest BCUT2D eigenvalue weighted by Gasteiger charge is 2.33. The fraction of sp³-hybridized carbons (Fsp3) is 0.318. The van der Waals surface area contributed by atoms with Crippen LogP contribution in [0.1, 0.15) is 34.5 Å². The molecule has 4 rings (SSSR count). The number of nitrogens with zero attached hydrogens (tertiary/aromatic N) is 2. The number of amides is 2. The maximum Gasteiger partial charge on any atom is 0.417 e. The molecule has 0 atom stereocenters. The molecule has 174 valence electrons. The predicted octanol–water partition coefficient (Wildman–Crippen LogP) is 4.49. The van der Waals surface area contributed by atoms with Gasteiger partial charge in [0.05, 0.1) is 10.6 Å². The Balaban J connectivity index is 1.32. The van der Waals surface area contributed by atoms with Crippen molar-refractivity contribution in [2.75, 3.05) is 18.0 Å². The number of hydrogen-bond donors (Lipinski definition) is 2. The molecule has 7 nitrogen and oxygen atoms in total. The van der Waals surface area contributed by atoms with Crippen molar-refractivity contribution >= 4 is 40.2 Å². The van der Waals surface area contributed by atoms with Crippen LogP contribution in [0.15, 0.2) is 40.9 Å². The lowest BCUT2D eigenvalue weighted by molar-refractivity contribution is -0.137. The minimum Gasteiger partial charge on any atom is -0.451 e. The molecule has 3 heterocycles. The Kier molecular flexibility index (Phi) is 6.20. The van der Waals surface area contributed by atoms with Crippen LogP contribution in [-0.4, -0.2) is 29.9 Å². The molecule has 2 N–H and O–H groups in total. The second kappa shape index (κ2) is 8.93. The van der Waals surface area contributed by atoms with E-state index in [1.165, 1.54) is 0 Å². The van der Waals surface area contributed by atoms with Crippen LogP contribution in [0.3, 0.4) is 0 Å². The monoisotopic (exact) mass is 480 g/mol. The van der Waals surface area contributed by atoms with Crippen molar-refractivity contribution in [1.82, 2.24) is 15.8 Å². The second-order valence-corrected chi connectivity index (χ2v) is 8.19. The van der Waals surface area contributed by atoms with Crippen molar-refractivity contribution < 1.29 is 27.2 Å². The van der Waals surface area contributed by atoms with E-state index >= 15 is 0 Å². The van der Waals surface area contributed by atoms with Crippen LogP contribution in [0.2, 0.25) is 5.02 Å². The fourth-order valence-corrected chi connectivity index (χ4v) is 4.13. The van der Waals surface area contributed by atoms with Gasteiger partial charge in [0.2, 0.25) is 5.91 Å². The average molecular weight is 481 g/mol. The van der Waals surface area contributed by atoms with Gasteiger partial charge in [-0.15, -0.1) is 0 Å². The van der Waals surface area contributed by atoms with E-state index in [1.54, 1.807) is 24.0 Å². The van der Waals surface area contributed by atoms with Crippen LogP contribution in [0, 0.1) is 12.8 Å². The molecule has 0 aliphatic carbocycles. The normalized spacial score (nSPS) is 15.0. The topological polar surface area (TPSA) is 87.5 Å². The van der Waals surface area contributed by atoms with Crippen LogP contribution in [0.5, 0.6) is 0 Å². The van der Waals surface area contributed by atoms with Gasteiger partial charge in [-0.05, 0) is 31.9 Å². The summed E-state index contributed by atoms with van der Waals surface area (Å²) in [7, 11) is 0. The number of rotatable bonds is 3. The predicted molar refractivity (Wildman–Crippen MR) is 116 cm³/mol. The van der Waals surface area contributed by atoms with Crippen LogP contribution in [0.4, 0.5) is 19.0 Å². The summed E-state index contributed by atoms with van der Waals surface area (Å²) in [6, 6.07) is 8.08. The van der Waals surface area contributed by atoms with E-state index in [1.807, 2.05) is 12.1 Å². The third-order valence-corrected chi connectivity index (χ3v) is 5.94. The standard InChI is InChI=1S/C22H20ClF3N4O3/c1-12-15-4-2-3-5-17(15)33-18(12)21(32)29-28-20(31)13-6-8-30(9-7-13)19-16(23)10-14(11-27-19)22(24,25)26/h2-5,10-11,13H,6-9H2,1H3,(H,28,31)(H,29,32). The molecule has 0 spiro atoms. The number of benzene rings is 1. The molecule has 33 heavy (non-hydrogen) atoms. The number of para-hydroxylation sites is 1. The highest BCUT2D eigenvalue weighted by molar-refractivity contribution is 6.33. The Labute approximate surface area is 191 Å². The molecule has 1 aliphatic heterocycles. The molecular weight excluding hydrogens is 461 g/mol. The zero-order chi connectivity index (χ0) is 23.8. The quantitative estimate of drug-likeness (QED) is 0.539. The number of anilines is 1. The third-order valence-electron chi connectivity index (χ3n) is 5.66. The highest BCUT2D eigenvalue weighted by atomic mass is 35.5. The molecule has 0 saturated carbocycles. The summed E-state index contributed by atoms with van der Waals surface area (Å²) in [4.78, 5) is 30.6. The molecule has 3 aromatic rings. The number of nitrogens with one attached hydrogen (secondary N) is 2. The van der Waals surface area contributed by atoms with Crippen molar-refractivity contribution in [2.24, 2.45) is 5.92 Å². The number of alkyl halides is 3. The summed E-state index contributed by atoms with van der Waals surface area (Å²) >= 11 is 6.01. The number of piperidine rings is 1. The summed E-state index contributed by atoms with van der Waals surface area (Å²) in [6.45, 7) is 2.53. The molecular formula is C22H20ClF3N4O3. The van der Waals surface area contributed by atoms with Gasteiger partial charge in [0, 0.05) is 36.2 Å². The molecule has 2 aromatic heterocycles. The van der Waals surface area contributed by atoms with Crippen molar-refractivity contribution in [3.8, 4) is 0 Å². The molecule has 1 aromatic carbocycles. The Morgan fingerprint density at radius 1 is 1.18 bits per heavy atom. The number of aromatic nitrogens is 1. The number of fused-ring (bicyclic) bond motifs is 1. The Bertz CT molecular complexity index is 1200. The number of furan rings is 1. The van der Waals surface area contributed by atoms with Gasteiger partial charge >= 0.3 is 12.1 Å². The number of aryl methyl sites for hydroxylation is 1. The molecule has 1 saturated heterocycles. The van der Waals surface area contributed by atoms with E-state index < -0.39 is 17.6 Å². The molecule has 11 heteroatoms. The first-order valence-corrected chi connectivity index (χ1v) is 10.6. The maximum absolute atomic E-state index is 12.8. The first kappa shape index (κ1) is 22.9. The summed E-state index contributed by atoms with van der Waals surface area (Å²) < 4.78 is 44.0. The molecule has 0 radical (unpaired) electrons. The third kappa shape index (κ3) is 4.75. The Morgan fingerprint density at radius 3 is 2.52 bits per heavy atom. The van der Waals surface area contributed by atoms with Gasteiger partial charge in [0.1, 0.15) is 11.4 Å². The van der Waals surface area contributed by atoms with Crippen molar-refractivity contribution in [2.45, 2.75) is 25.9 Å². The molecule has 2 amide bonds. The van der Waals surface area contributed by atoms with Crippen LogP contribution in [-0.2, 0) is 11.0 Å². The average Bonchev–Trinajstić information content (AvgIpc) is 3.13. The fourth-order valence-electron chi connectivity index (χ4n) is 3.84. The molecule has 0 bridgehead atoms. The molecule has 1 aliphatic rings. The van der Waals surface area contributed by atoms with Gasteiger partial charge in [-0.2, -0.15) is 13.2 Å². The van der Waals surface area contributed by atoms with Crippen LogP contribution in [0.25, 0.3) is 11.0 Å². The van der Waals surface area contributed by atoms with Gasteiger partial charge in [-0.1, -0.05) is 29.8 Å². The van der Waals surface area contributed by atoms with E-state index in [4.69, 9.17) is 16.0 Å². The summed E-state index contributed by atoms with van der Waals surface area (Å²) in [6.07, 6.45) is -2.93. The van der Waals surface area contributed by atoms with Gasteiger partial charge in [0.15, 0.2) is 5.76 Å². The highest BCUT2D eigenvalue weighted by Crippen LogP contribution is 2.34. The van der Waals surface area contributed by atoms with Gasteiger partial charge < -0.3 is 9.32 Å². The molecule has 1 fully saturated rings. The second-order valence-electron chi connectivity index (χ2n) is 7.78. The summed E-state index contributed by atoms with van der Waals surface area (Å²) in [5, 5.41) is 0.720. The van der Waals surface area contributed by atoms with Crippen molar-refractivity contribution in [1.29, 1.82) is 0 Å².